The first-order valence-electron chi connectivity index (χ1n) is 7.04. The van der Waals surface area contributed by atoms with Crippen molar-refractivity contribution in [3.63, 3.8) is 0 Å². The van der Waals surface area contributed by atoms with Gasteiger partial charge in [-0.05, 0) is 26.8 Å². The Balaban J connectivity index is 1.91. The molecule has 21 heavy (non-hydrogen) atoms. The molecule has 0 saturated heterocycles. The third kappa shape index (κ3) is 2.77. The lowest BCUT2D eigenvalue weighted by Gasteiger charge is -2.38. The highest BCUT2D eigenvalue weighted by atomic mass is 16.5. The van der Waals surface area contributed by atoms with E-state index in [-0.39, 0.29) is 17.6 Å². The van der Waals surface area contributed by atoms with Crippen LogP contribution in [0.2, 0.25) is 0 Å². The van der Waals surface area contributed by atoms with Crippen LogP contribution >= 0.6 is 0 Å². The molecule has 1 aliphatic heterocycles. The molecule has 0 bridgehead atoms. The molecule has 5 nitrogen and oxygen atoms in total. The number of aryl methyl sites for hydroxylation is 1. The fourth-order valence-electron chi connectivity index (χ4n) is 2.72. The van der Waals surface area contributed by atoms with E-state index in [1.54, 1.807) is 12.4 Å². The van der Waals surface area contributed by atoms with Crippen LogP contribution in [0.15, 0.2) is 30.6 Å². The first-order valence-corrected chi connectivity index (χ1v) is 7.04. The van der Waals surface area contributed by atoms with Gasteiger partial charge in [-0.2, -0.15) is 0 Å². The number of aromatic nitrogens is 2. The Hall–Kier alpha value is -2.30. The zero-order chi connectivity index (χ0) is 15.0. The van der Waals surface area contributed by atoms with E-state index < -0.39 is 0 Å². The van der Waals surface area contributed by atoms with Crippen LogP contribution in [-0.2, 0) is 0 Å². The summed E-state index contributed by atoms with van der Waals surface area (Å²) in [4.78, 5) is 19.1. The second kappa shape index (κ2) is 4.91. The Morgan fingerprint density at radius 2 is 2.29 bits per heavy atom. The van der Waals surface area contributed by atoms with Gasteiger partial charge in [-0.3, -0.25) is 4.79 Å². The minimum Gasteiger partial charge on any atom is -0.487 e. The zero-order valence-corrected chi connectivity index (χ0v) is 12.4. The molecule has 0 radical (unpaired) electrons. The maximum atomic E-state index is 12.2. The lowest BCUT2D eigenvalue weighted by atomic mass is 9.89. The summed E-state index contributed by atoms with van der Waals surface area (Å²) in [6.07, 6.45) is 3.93. The van der Waals surface area contributed by atoms with Gasteiger partial charge >= 0.3 is 0 Å². The number of hydrogen-bond donors (Lipinski definition) is 2. The van der Waals surface area contributed by atoms with E-state index in [4.69, 9.17) is 4.74 Å². The van der Waals surface area contributed by atoms with Crippen molar-refractivity contribution < 1.29 is 9.53 Å². The normalized spacial score (nSPS) is 19.5. The second-order valence-electron chi connectivity index (χ2n) is 6.07. The van der Waals surface area contributed by atoms with E-state index in [9.17, 15) is 4.79 Å². The third-order valence-corrected chi connectivity index (χ3v) is 3.64. The van der Waals surface area contributed by atoms with Gasteiger partial charge in [0.1, 0.15) is 11.4 Å². The molecular weight excluding hydrogens is 266 g/mol. The van der Waals surface area contributed by atoms with Crippen molar-refractivity contribution >= 4 is 5.91 Å². The number of amides is 1. The topological polar surface area (TPSA) is 67.0 Å². The van der Waals surface area contributed by atoms with Gasteiger partial charge in [0, 0.05) is 24.4 Å². The monoisotopic (exact) mass is 285 g/mol. The van der Waals surface area contributed by atoms with Crippen LogP contribution in [0.5, 0.6) is 5.75 Å². The number of rotatable bonds is 2. The number of nitrogens with one attached hydrogen (secondary N) is 2. The number of hydrogen-bond acceptors (Lipinski definition) is 3. The van der Waals surface area contributed by atoms with E-state index in [0.29, 0.717) is 5.82 Å². The van der Waals surface area contributed by atoms with Crippen molar-refractivity contribution in [1.29, 1.82) is 0 Å². The predicted octanol–water partition coefficient (Wildman–Crippen LogP) is 2.75. The molecule has 1 amide bonds. The number of H-pyrrole nitrogens is 1. The summed E-state index contributed by atoms with van der Waals surface area (Å²) in [6.45, 7) is 6.09. The molecule has 2 heterocycles. The molecule has 3 rings (SSSR count). The van der Waals surface area contributed by atoms with Crippen molar-refractivity contribution in [2.45, 2.75) is 38.8 Å². The molecule has 2 aromatic rings. The van der Waals surface area contributed by atoms with Crippen LogP contribution in [0.1, 0.15) is 48.1 Å². The van der Waals surface area contributed by atoms with Gasteiger partial charge in [0.2, 0.25) is 0 Å². The quantitative estimate of drug-likeness (QED) is 0.891. The van der Waals surface area contributed by atoms with E-state index in [2.05, 4.69) is 21.4 Å². The minimum absolute atomic E-state index is 0.0822. The van der Waals surface area contributed by atoms with Gasteiger partial charge in [-0.25, -0.2) is 4.98 Å². The smallest absolute Gasteiger partial charge is 0.287 e. The van der Waals surface area contributed by atoms with Gasteiger partial charge in [0.05, 0.1) is 6.04 Å². The molecule has 0 unspecified atom stereocenters. The van der Waals surface area contributed by atoms with Crippen molar-refractivity contribution in [2.75, 3.05) is 0 Å². The predicted molar refractivity (Wildman–Crippen MR) is 79.3 cm³/mol. The van der Waals surface area contributed by atoms with Crippen molar-refractivity contribution in [3.05, 3.63) is 47.5 Å². The Kier molecular flexibility index (Phi) is 3.20. The molecule has 0 fully saturated rings. The zero-order valence-electron chi connectivity index (χ0n) is 12.4. The fourth-order valence-corrected chi connectivity index (χ4v) is 2.72. The number of imidazole rings is 1. The molecular formula is C16H19N3O2. The standard InChI is InChI=1S/C16H19N3O2/c1-10-4-5-13-11(8-10)12(9-16(2,3)21-13)19-15(20)14-17-6-7-18-14/h4-8,12H,9H2,1-3H3,(H,17,18)(H,19,20)/t12-/m1/s1. The van der Waals surface area contributed by atoms with Gasteiger partial charge in [-0.15, -0.1) is 0 Å². The first kappa shape index (κ1) is 13.7. The molecule has 0 spiro atoms. The highest BCUT2D eigenvalue weighted by Gasteiger charge is 2.34. The number of benzene rings is 1. The number of carbonyl (C=O) groups excluding carboxylic acids is 1. The molecule has 1 aromatic carbocycles. The molecule has 1 aliphatic rings. The SMILES string of the molecule is Cc1ccc2c(c1)[C@H](NC(=O)c1ncc[nH]1)CC(C)(C)O2. The Labute approximate surface area is 123 Å². The molecule has 2 N–H and O–H groups in total. The van der Waals surface area contributed by atoms with Gasteiger partial charge in [0.25, 0.3) is 5.91 Å². The van der Waals surface area contributed by atoms with Crippen LogP contribution in [0.3, 0.4) is 0 Å². The molecule has 110 valence electrons. The van der Waals surface area contributed by atoms with Crippen LogP contribution < -0.4 is 10.1 Å². The Bertz CT molecular complexity index is 662. The third-order valence-electron chi connectivity index (χ3n) is 3.64. The first-order chi connectivity index (χ1) is 9.94. The summed E-state index contributed by atoms with van der Waals surface area (Å²) in [5.74, 6) is 0.963. The number of fused-ring (bicyclic) bond motifs is 1. The van der Waals surface area contributed by atoms with E-state index >= 15 is 0 Å². The summed E-state index contributed by atoms with van der Waals surface area (Å²) in [6, 6.07) is 5.97. The lowest BCUT2D eigenvalue weighted by Crippen LogP contribution is -2.41. The van der Waals surface area contributed by atoms with Gasteiger partial charge in [-0.1, -0.05) is 17.7 Å². The molecule has 5 heteroatoms. The summed E-state index contributed by atoms with van der Waals surface area (Å²) < 4.78 is 6.00. The highest BCUT2D eigenvalue weighted by Crippen LogP contribution is 2.39. The summed E-state index contributed by atoms with van der Waals surface area (Å²) >= 11 is 0. The summed E-state index contributed by atoms with van der Waals surface area (Å²) in [5.41, 5.74) is 1.85. The van der Waals surface area contributed by atoms with Crippen molar-refractivity contribution in [2.24, 2.45) is 0 Å². The molecule has 1 atom stereocenters. The molecule has 1 aromatic heterocycles. The van der Waals surface area contributed by atoms with Crippen LogP contribution in [0.4, 0.5) is 0 Å². The van der Waals surface area contributed by atoms with Crippen LogP contribution in [0.25, 0.3) is 0 Å². The Morgan fingerprint density at radius 3 is 3.00 bits per heavy atom. The number of aromatic amines is 1. The summed E-state index contributed by atoms with van der Waals surface area (Å²) in [5, 5.41) is 3.05. The molecule has 0 saturated carbocycles. The van der Waals surface area contributed by atoms with Crippen LogP contribution in [-0.4, -0.2) is 21.5 Å². The van der Waals surface area contributed by atoms with Crippen molar-refractivity contribution in [1.82, 2.24) is 15.3 Å². The van der Waals surface area contributed by atoms with E-state index in [1.807, 2.05) is 32.9 Å². The fraction of sp³-hybridized carbons (Fsp3) is 0.375. The Morgan fingerprint density at radius 1 is 1.48 bits per heavy atom. The van der Waals surface area contributed by atoms with Crippen LogP contribution in [0, 0.1) is 6.92 Å². The van der Waals surface area contributed by atoms with E-state index in [0.717, 1.165) is 23.3 Å². The largest absolute Gasteiger partial charge is 0.487 e. The van der Waals surface area contributed by atoms with Gasteiger partial charge < -0.3 is 15.0 Å². The van der Waals surface area contributed by atoms with E-state index in [1.165, 1.54) is 0 Å². The van der Waals surface area contributed by atoms with Crippen molar-refractivity contribution in [3.8, 4) is 5.75 Å². The second-order valence-corrected chi connectivity index (χ2v) is 6.07. The number of nitrogens with zero attached hydrogens (tertiary/aromatic N) is 1. The maximum absolute atomic E-state index is 12.2. The number of carbonyl (C=O) groups is 1. The average Bonchev–Trinajstić information content (AvgIpc) is 2.93. The van der Waals surface area contributed by atoms with Gasteiger partial charge in [0.15, 0.2) is 5.82 Å². The maximum Gasteiger partial charge on any atom is 0.287 e. The lowest BCUT2D eigenvalue weighted by molar-refractivity contribution is 0.0616. The molecule has 0 aliphatic carbocycles. The minimum atomic E-state index is -0.316. The summed E-state index contributed by atoms with van der Waals surface area (Å²) in [7, 11) is 0. The average molecular weight is 285 g/mol. The number of ether oxygens (including phenoxy) is 1. The highest BCUT2D eigenvalue weighted by molar-refractivity contribution is 5.90.